The van der Waals surface area contributed by atoms with Crippen LogP contribution in [0.5, 0.6) is 0 Å². The summed E-state index contributed by atoms with van der Waals surface area (Å²) in [5.41, 5.74) is -5.22. The van der Waals surface area contributed by atoms with E-state index in [1.807, 2.05) is 0 Å². The predicted molar refractivity (Wildman–Crippen MR) is 270 cm³/mol. The van der Waals surface area contributed by atoms with Gasteiger partial charge in [-0.05, 0) is 60.1 Å². The van der Waals surface area contributed by atoms with Crippen LogP contribution in [0.3, 0.4) is 0 Å². The second-order valence-corrected chi connectivity index (χ2v) is 23.8. The Morgan fingerprint density at radius 3 is 2.00 bits per heavy atom. The van der Waals surface area contributed by atoms with E-state index in [1.165, 1.54) is 52.1 Å². The van der Waals surface area contributed by atoms with Crippen LogP contribution in [0.4, 0.5) is 0 Å². The molecule has 75 heavy (non-hydrogen) atoms. The third-order valence-electron chi connectivity index (χ3n) is 15.0. The molecule has 404 valence electrons. The summed E-state index contributed by atoms with van der Waals surface area (Å²) in [5, 5.41) is 28.7. The normalized spacial score (nSPS) is 27.5. The predicted octanol–water partition coefficient (Wildman–Crippen LogP) is 4.90. The Balaban J connectivity index is 1.34. The molecule has 1 aliphatic heterocycles. The molecule has 0 aromatic heterocycles. The molecule has 21 heteroatoms. The first kappa shape index (κ1) is 56.9. The molecule has 1 heterocycles. The number of ketones is 1. The lowest BCUT2D eigenvalue weighted by Crippen LogP contribution is -2.79. The van der Waals surface area contributed by atoms with Crippen molar-refractivity contribution < 1.29 is 85.5 Å². The number of aliphatic hydroxyl groups is 2. The van der Waals surface area contributed by atoms with Crippen molar-refractivity contribution in [3.8, 4) is 0 Å². The molecular formula is C54H65NO18SSi. The van der Waals surface area contributed by atoms with Crippen LogP contribution in [-0.4, -0.2) is 148 Å². The Bertz CT molecular complexity index is 2610. The number of Topliss-reactive ketones (excluding diaryl/α,β-unsaturated/α-hetero) is 1. The number of carbonyl (C=O) groups is 7. The SMILES string of the molecule is CO[Si](CCCSCC(=O)O[C@@H](C(=O)O[C@H]1C[C@@]2(O)[C@@H](OC(=O)c3ccccc3)[C@@H]3C(C(=O)[C@H](OC(C)=O)C(=C1C)C2(C)C)[C@@H](O)C[C@H]1OC[C@]13OC(C)=O)[C@@H](NC(=O)c1ccccc1)c1ccccc1)(OC)OC. The van der Waals surface area contributed by atoms with E-state index in [0.29, 0.717) is 23.8 Å². The lowest BCUT2D eigenvalue weighted by atomic mass is 9.48. The second kappa shape index (κ2) is 23.6. The van der Waals surface area contributed by atoms with Gasteiger partial charge in [-0.1, -0.05) is 80.6 Å². The first-order valence-corrected chi connectivity index (χ1v) is 27.7. The molecule has 4 aliphatic rings. The lowest BCUT2D eigenvalue weighted by Gasteiger charge is -2.64. The van der Waals surface area contributed by atoms with Gasteiger partial charge in [0.15, 0.2) is 17.5 Å². The van der Waals surface area contributed by atoms with Gasteiger partial charge in [0.1, 0.15) is 30.0 Å². The molecule has 3 aromatic rings. The lowest BCUT2D eigenvalue weighted by molar-refractivity contribution is -0.332. The third kappa shape index (κ3) is 11.5. The van der Waals surface area contributed by atoms with E-state index in [2.05, 4.69) is 5.32 Å². The Labute approximate surface area is 440 Å². The minimum atomic E-state index is -2.92. The summed E-state index contributed by atoms with van der Waals surface area (Å²) in [6.45, 7) is 6.52. The summed E-state index contributed by atoms with van der Waals surface area (Å²) < 4.78 is 53.3. The van der Waals surface area contributed by atoms with Crippen LogP contribution in [0.15, 0.2) is 102 Å². The highest BCUT2D eigenvalue weighted by Gasteiger charge is 2.75. The molecule has 3 N–H and O–H groups in total. The van der Waals surface area contributed by atoms with Crippen molar-refractivity contribution in [3.05, 3.63) is 119 Å². The quantitative estimate of drug-likeness (QED) is 0.0447. The highest BCUT2D eigenvalue weighted by molar-refractivity contribution is 7.99. The van der Waals surface area contributed by atoms with Crippen LogP contribution >= 0.6 is 11.8 Å². The maximum Gasteiger partial charge on any atom is 0.500 e. The average molecular weight is 1080 g/mol. The molecular weight excluding hydrogens is 1010 g/mol. The van der Waals surface area contributed by atoms with Gasteiger partial charge in [-0.25, -0.2) is 9.59 Å². The monoisotopic (exact) mass is 1080 g/mol. The molecule has 2 saturated carbocycles. The Morgan fingerprint density at radius 1 is 0.840 bits per heavy atom. The van der Waals surface area contributed by atoms with E-state index < -0.39 is 128 Å². The smallest absolute Gasteiger partial charge is 0.455 e. The number of carbonyl (C=O) groups excluding carboxylic acids is 7. The minimum Gasteiger partial charge on any atom is -0.455 e. The number of amides is 1. The number of aliphatic hydroxyl groups excluding tert-OH is 1. The summed E-state index contributed by atoms with van der Waals surface area (Å²) in [6, 6.07) is 23.3. The van der Waals surface area contributed by atoms with Crippen molar-refractivity contribution in [2.45, 2.75) is 114 Å². The van der Waals surface area contributed by atoms with Crippen LogP contribution in [0, 0.1) is 17.3 Å². The van der Waals surface area contributed by atoms with Gasteiger partial charge < -0.3 is 57.2 Å². The van der Waals surface area contributed by atoms with Crippen LogP contribution in [0.1, 0.15) is 86.2 Å². The number of ether oxygens (including phenoxy) is 6. The van der Waals surface area contributed by atoms with Gasteiger partial charge in [-0.15, -0.1) is 0 Å². The van der Waals surface area contributed by atoms with Gasteiger partial charge >= 0.3 is 38.7 Å². The molecule has 0 radical (unpaired) electrons. The molecule has 1 saturated heterocycles. The number of hydrogen-bond acceptors (Lipinski definition) is 19. The fourth-order valence-electron chi connectivity index (χ4n) is 11.2. The van der Waals surface area contributed by atoms with E-state index in [9.17, 15) is 34.2 Å². The maximum absolute atomic E-state index is 15.5. The molecule has 0 spiro atoms. The summed E-state index contributed by atoms with van der Waals surface area (Å²) in [5.74, 6) is -9.16. The van der Waals surface area contributed by atoms with Crippen molar-refractivity contribution in [2.75, 3.05) is 39.4 Å². The summed E-state index contributed by atoms with van der Waals surface area (Å²) in [7, 11) is 1.58. The highest BCUT2D eigenvalue weighted by Crippen LogP contribution is 2.61. The molecule has 7 rings (SSSR count). The zero-order chi connectivity index (χ0) is 54.5. The van der Waals surface area contributed by atoms with Crippen molar-refractivity contribution in [2.24, 2.45) is 17.3 Å². The largest absolute Gasteiger partial charge is 0.500 e. The molecule has 2 bridgehead atoms. The molecule has 1 unspecified atom stereocenters. The zero-order valence-corrected chi connectivity index (χ0v) is 45.0. The van der Waals surface area contributed by atoms with E-state index in [1.54, 1.807) is 92.7 Å². The van der Waals surface area contributed by atoms with Crippen LogP contribution in [-0.2, 0) is 65.7 Å². The molecule has 11 atom stereocenters. The summed E-state index contributed by atoms with van der Waals surface area (Å²) in [4.78, 5) is 99.5. The topological polar surface area (TPSA) is 255 Å². The van der Waals surface area contributed by atoms with Gasteiger partial charge in [0.25, 0.3) is 5.91 Å². The fraction of sp³-hybridized carbons (Fsp3) is 0.500. The first-order valence-electron chi connectivity index (χ1n) is 24.6. The second-order valence-electron chi connectivity index (χ2n) is 19.7. The van der Waals surface area contributed by atoms with Gasteiger partial charge in [0, 0.05) is 65.0 Å². The molecule has 3 fully saturated rings. The van der Waals surface area contributed by atoms with Crippen molar-refractivity contribution in [3.63, 3.8) is 0 Å². The Morgan fingerprint density at radius 2 is 1.44 bits per heavy atom. The fourth-order valence-corrected chi connectivity index (χ4v) is 13.9. The minimum absolute atomic E-state index is 0.0291. The van der Waals surface area contributed by atoms with Crippen LogP contribution < -0.4 is 5.32 Å². The summed E-state index contributed by atoms with van der Waals surface area (Å²) >= 11 is 1.21. The highest BCUT2D eigenvalue weighted by atomic mass is 32.2. The Kier molecular flexibility index (Phi) is 17.9. The van der Waals surface area contributed by atoms with E-state index in [-0.39, 0.29) is 41.1 Å². The zero-order valence-electron chi connectivity index (χ0n) is 43.1. The molecule has 19 nitrogen and oxygen atoms in total. The van der Waals surface area contributed by atoms with Gasteiger partial charge in [-0.3, -0.25) is 24.0 Å². The van der Waals surface area contributed by atoms with Crippen molar-refractivity contribution in [1.29, 1.82) is 0 Å². The number of nitrogens with one attached hydrogen (secondary N) is 1. The van der Waals surface area contributed by atoms with E-state index >= 15 is 9.59 Å². The van der Waals surface area contributed by atoms with Gasteiger partial charge in [-0.2, -0.15) is 11.8 Å². The number of rotatable bonds is 20. The molecule has 3 aromatic carbocycles. The molecule has 3 aliphatic carbocycles. The standard InChI is InChI=1S/C54H65NO18SSi/c1-31-38(70-51(63)47(71-40(59)29-74-25-18-26-75(65-6,66-7)67-8)44(34-19-12-9-13-20-34)55-49(61)35-21-14-10-15-22-35)28-54(64)48(72-50(62)36-23-16-11-17-24-36)43-41(37(58)27-39-53(43,30-68-39)73-33(3)57)45(60)46(69-32(2)56)42(31)52(54,4)5/h9-17,19-24,37-39,41,43-44,46-48,58,64H,18,25-30H2,1-8H3,(H,55,61)/t37-,38-,39+,41?,43-,44-,46+,47+,48-,53-,54+/m0/s1. The van der Waals surface area contributed by atoms with Gasteiger partial charge in [0.05, 0.1) is 35.9 Å². The van der Waals surface area contributed by atoms with Crippen molar-refractivity contribution in [1.82, 2.24) is 5.32 Å². The first-order chi connectivity index (χ1) is 35.7. The number of benzene rings is 3. The maximum atomic E-state index is 15.5. The van der Waals surface area contributed by atoms with Gasteiger partial charge in [0.2, 0.25) is 6.10 Å². The number of esters is 5. The number of thioether (sulfide) groups is 1. The molecule has 1 amide bonds. The van der Waals surface area contributed by atoms with E-state index in [0.717, 1.165) is 13.8 Å². The van der Waals surface area contributed by atoms with Crippen LogP contribution in [0.25, 0.3) is 0 Å². The number of hydrogen-bond donors (Lipinski definition) is 3. The van der Waals surface area contributed by atoms with E-state index in [4.69, 9.17) is 41.7 Å². The third-order valence-corrected chi connectivity index (χ3v) is 18.9. The van der Waals surface area contributed by atoms with Crippen molar-refractivity contribution >= 4 is 62.1 Å². The van der Waals surface area contributed by atoms with Crippen LogP contribution in [0.2, 0.25) is 6.04 Å². The Hall–Kier alpha value is -5.78. The number of fused-ring (bicyclic) bond motifs is 5. The summed E-state index contributed by atoms with van der Waals surface area (Å²) in [6.07, 6.45) is -10.0. The average Bonchev–Trinajstić information content (AvgIpc) is 3.38.